The van der Waals surface area contributed by atoms with E-state index in [2.05, 4.69) is 43.4 Å². The van der Waals surface area contributed by atoms with Gasteiger partial charge in [-0.25, -0.2) is 9.97 Å². The summed E-state index contributed by atoms with van der Waals surface area (Å²) in [5.41, 5.74) is 7.45. The summed E-state index contributed by atoms with van der Waals surface area (Å²) < 4.78 is 2.22. The molecule has 1 aliphatic rings. The van der Waals surface area contributed by atoms with Gasteiger partial charge in [-0.15, -0.1) is 6.42 Å². The molecule has 0 spiro atoms. The van der Waals surface area contributed by atoms with E-state index in [-0.39, 0.29) is 0 Å². The Morgan fingerprint density at radius 3 is 2.88 bits per heavy atom. The fourth-order valence-corrected chi connectivity index (χ4v) is 4.58. The zero-order valence-electron chi connectivity index (χ0n) is 19.1. The largest absolute Gasteiger partial charge is 0.400 e. The lowest BCUT2D eigenvalue weighted by Gasteiger charge is -2.21. The first-order valence-corrected chi connectivity index (χ1v) is 11.4. The van der Waals surface area contributed by atoms with Crippen LogP contribution in [-0.4, -0.2) is 57.2 Å². The van der Waals surface area contributed by atoms with Gasteiger partial charge in [0.05, 0.1) is 18.5 Å². The average Bonchev–Trinajstić information content (AvgIpc) is 3.48. The molecule has 0 bridgehead atoms. The van der Waals surface area contributed by atoms with E-state index < -0.39 is 5.91 Å². The summed E-state index contributed by atoms with van der Waals surface area (Å²) in [6.45, 7) is 2.01. The molecule has 1 fully saturated rings. The molecule has 2 atom stereocenters. The van der Waals surface area contributed by atoms with Crippen molar-refractivity contribution in [3.05, 3.63) is 59.1 Å². The van der Waals surface area contributed by atoms with E-state index in [1.165, 1.54) is 6.33 Å². The van der Waals surface area contributed by atoms with Crippen LogP contribution in [0.4, 0.5) is 0 Å². The number of fused-ring (bicyclic) bond motifs is 1. The quantitative estimate of drug-likeness (QED) is 0.420. The molecular weight excluding hydrogens is 450 g/mol. The smallest absolute Gasteiger partial charge is 0.248 e. The molecule has 2 heterocycles. The summed E-state index contributed by atoms with van der Waals surface area (Å²) in [4.78, 5) is 22.0. The predicted molar refractivity (Wildman–Crippen MR) is 134 cm³/mol. The minimum absolute atomic E-state index is 0.388. The Hall–Kier alpha value is -3.36. The van der Waals surface area contributed by atoms with Gasteiger partial charge in [0.2, 0.25) is 5.91 Å². The lowest BCUT2D eigenvalue weighted by molar-refractivity contribution is 0.1000. The maximum atomic E-state index is 11.3. The maximum absolute atomic E-state index is 11.3. The number of hydrogen-bond donors (Lipinski definition) is 2. The number of amides is 1. The van der Waals surface area contributed by atoms with E-state index >= 15 is 0 Å². The van der Waals surface area contributed by atoms with Gasteiger partial charge in [-0.3, -0.25) is 9.69 Å². The Bertz CT molecular complexity index is 1240. The van der Waals surface area contributed by atoms with Crippen molar-refractivity contribution in [3.63, 3.8) is 0 Å². The predicted octanol–water partition coefficient (Wildman–Crippen LogP) is 3.12. The molecule has 1 aromatic carbocycles. The van der Waals surface area contributed by atoms with Gasteiger partial charge in [0, 0.05) is 37.0 Å². The molecule has 3 N–H and O–H groups in total. The first kappa shape index (κ1) is 25.3. The van der Waals surface area contributed by atoms with Gasteiger partial charge < -0.3 is 15.4 Å². The number of aliphatic hydroxyl groups excluding tert-OH is 1. The zero-order valence-corrected chi connectivity index (χ0v) is 19.9. The van der Waals surface area contributed by atoms with Crippen molar-refractivity contribution in [1.82, 2.24) is 19.4 Å². The van der Waals surface area contributed by atoms with Crippen molar-refractivity contribution in [2.24, 2.45) is 11.7 Å². The van der Waals surface area contributed by atoms with Crippen LogP contribution in [0.5, 0.6) is 0 Å². The molecule has 0 radical (unpaired) electrons. The van der Waals surface area contributed by atoms with Gasteiger partial charge in [0.15, 0.2) is 0 Å². The van der Waals surface area contributed by atoms with Gasteiger partial charge in [0.25, 0.3) is 0 Å². The molecule has 1 aliphatic carbocycles. The summed E-state index contributed by atoms with van der Waals surface area (Å²) in [7, 11) is 1.00. The fourth-order valence-electron chi connectivity index (χ4n) is 4.38. The summed E-state index contributed by atoms with van der Waals surface area (Å²) in [6, 6.07) is 9.41. The van der Waals surface area contributed by atoms with Crippen LogP contribution < -0.4 is 5.73 Å². The van der Waals surface area contributed by atoms with E-state index in [1.54, 1.807) is 18.2 Å². The second-order valence-electron chi connectivity index (χ2n) is 8.08. The van der Waals surface area contributed by atoms with Crippen LogP contribution in [0, 0.1) is 30.1 Å². The molecule has 1 amide bonds. The number of halogens is 1. The van der Waals surface area contributed by atoms with Crippen molar-refractivity contribution in [1.29, 1.82) is 0 Å². The number of benzene rings is 1. The van der Waals surface area contributed by atoms with Crippen molar-refractivity contribution in [2.45, 2.75) is 25.3 Å². The normalized spacial score (nSPS) is 16.9. The fraction of sp³-hybridized carbons (Fsp3) is 0.346. The van der Waals surface area contributed by atoms with E-state index in [4.69, 9.17) is 28.9 Å². The number of nitrogens with two attached hydrogens (primary N) is 1. The second-order valence-corrected chi connectivity index (χ2v) is 8.44. The summed E-state index contributed by atoms with van der Waals surface area (Å²) in [5.74, 6) is 9.12. The van der Waals surface area contributed by atoms with Crippen LogP contribution >= 0.6 is 11.6 Å². The highest BCUT2D eigenvalue weighted by molar-refractivity contribution is 6.33. The van der Waals surface area contributed by atoms with Crippen LogP contribution in [0.1, 0.15) is 41.2 Å². The number of carbonyl (C=O) groups is 1. The number of hydrogen-bond acceptors (Lipinski definition) is 5. The minimum Gasteiger partial charge on any atom is -0.400 e. The number of carbonyl (C=O) groups excluding carboxylic acids is 1. The molecule has 0 saturated heterocycles. The molecule has 4 rings (SSSR count). The Morgan fingerprint density at radius 1 is 1.29 bits per heavy atom. The van der Waals surface area contributed by atoms with Gasteiger partial charge >= 0.3 is 0 Å². The van der Waals surface area contributed by atoms with Gasteiger partial charge in [-0.2, -0.15) is 0 Å². The second kappa shape index (κ2) is 12.2. The standard InChI is InChI=1S/C25H24ClN5O.CH4O/c1-2-11-30(12-4-6-18-5-3-7-20(14-18)24(27)32)16-19-8-9-21(15-19)31-13-10-22-23(26)28-17-29-25(22)31;1-2/h1,3,5,7,10,13-14,17,19,21H,8-9,11-12,15-16H2,(H2,27,32);2H,1H3. The highest BCUT2D eigenvalue weighted by Gasteiger charge is 2.28. The molecule has 7 nitrogen and oxygen atoms in total. The zero-order chi connectivity index (χ0) is 24.5. The molecule has 3 aromatic rings. The van der Waals surface area contributed by atoms with Crippen LogP contribution in [0.15, 0.2) is 42.9 Å². The number of aliphatic hydroxyl groups is 1. The first-order valence-electron chi connectivity index (χ1n) is 11.0. The molecule has 2 unspecified atom stereocenters. The summed E-state index contributed by atoms with van der Waals surface area (Å²) in [6.07, 6.45) is 12.4. The van der Waals surface area contributed by atoms with Crippen LogP contribution in [0.25, 0.3) is 11.0 Å². The molecule has 0 aliphatic heterocycles. The summed E-state index contributed by atoms with van der Waals surface area (Å²) in [5, 5.41) is 8.38. The van der Waals surface area contributed by atoms with Crippen molar-refractivity contribution < 1.29 is 9.90 Å². The van der Waals surface area contributed by atoms with Crippen molar-refractivity contribution in [3.8, 4) is 24.2 Å². The monoisotopic (exact) mass is 477 g/mol. The molecule has 34 heavy (non-hydrogen) atoms. The van der Waals surface area contributed by atoms with Crippen LogP contribution in [0.2, 0.25) is 5.15 Å². The van der Waals surface area contributed by atoms with E-state index in [0.717, 1.165) is 49.5 Å². The van der Waals surface area contributed by atoms with E-state index in [9.17, 15) is 4.79 Å². The molecule has 2 aromatic heterocycles. The lowest BCUT2D eigenvalue weighted by atomic mass is 10.1. The Balaban J connectivity index is 0.00000158. The molecule has 176 valence electrons. The molecule has 8 heteroatoms. The third kappa shape index (κ3) is 6.15. The van der Waals surface area contributed by atoms with E-state index in [1.807, 2.05) is 12.1 Å². The third-order valence-corrected chi connectivity index (χ3v) is 6.18. The lowest BCUT2D eigenvalue weighted by Crippen LogP contribution is -2.29. The Morgan fingerprint density at radius 2 is 2.12 bits per heavy atom. The maximum Gasteiger partial charge on any atom is 0.248 e. The van der Waals surface area contributed by atoms with Gasteiger partial charge in [-0.05, 0) is 49.4 Å². The van der Waals surface area contributed by atoms with Gasteiger partial charge in [0.1, 0.15) is 17.1 Å². The number of aromatic nitrogens is 3. The van der Waals surface area contributed by atoms with Crippen LogP contribution in [0.3, 0.4) is 0 Å². The molecular formula is C26H28ClN5O2. The topological polar surface area (TPSA) is 97.3 Å². The Labute approximate surface area is 204 Å². The van der Waals surface area contributed by atoms with Crippen LogP contribution in [-0.2, 0) is 0 Å². The number of nitrogens with zero attached hydrogens (tertiary/aromatic N) is 4. The average molecular weight is 478 g/mol. The third-order valence-electron chi connectivity index (χ3n) is 5.88. The van der Waals surface area contributed by atoms with Gasteiger partial charge in [-0.1, -0.05) is 35.4 Å². The number of rotatable bonds is 6. The first-order chi connectivity index (χ1) is 16.5. The van der Waals surface area contributed by atoms with E-state index in [0.29, 0.717) is 35.8 Å². The summed E-state index contributed by atoms with van der Waals surface area (Å²) >= 11 is 6.20. The SMILES string of the molecule is C#CCN(CC#Cc1cccc(C(N)=O)c1)CC1CCC(n2ccc3c(Cl)ncnc32)C1.CO. The number of primary amides is 1. The molecule has 1 saturated carbocycles. The highest BCUT2D eigenvalue weighted by Crippen LogP contribution is 2.37. The minimum atomic E-state index is -0.456. The van der Waals surface area contributed by atoms with Crippen molar-refractivity contribution in [2.75, 3.05) is 26.7 Å². The number of terminal acetylenes is 1. The highest BCUT2D eigenvalue weighted by atomic mass is 35.5. The Kier molecular flexibility index (Phi) is 9.07. The van der Waals surface area contributed by atoms with Crippen molar-refractivity contribution >= 4 is 28.5 Å².